The molecule has 6 nitrogen and oxygen atoms in total. The maximum atomic E-state index is 8.94. The summed E-state index contributed by atoms with van der Waals surface area (Å²) < 4.78 is 6.34. The highest BCUT2D eigenvalue weighted by Crippen LogP contribution is 2.34. The summed E-state index contributed by atoms with van der Waals surface area (Å²) in [6.07, 6.45) is 1.35. The second-order valence-electron chi connectivity index (χ2n) is 4.14. The Bertz CT molecular complexity index is 673. The average Bonchev–Trinajstić information content (AvgIpc) is 2.44. The minimum atomic E-state index is 0.351. The van der Waals surface area contributed by atoms with Crippen LogP contribution < -0.4 is 16.0 Å². The van der Waals surface area contributed by atoms with Gasteiger partial charge >= 0.3 is 0 Å². The van der Waals surface area contributed by atoms with Crippen LogP contribution >= 0.6 is 15.9 Å². The normalized spacial score (nSPS) is 9.95. The van der Waals surface area contributed by atoms with Gasteiger partial charge in [0.05, 0.1) is 11.6 Å². The number of benzene rings is 1. The zero-order valence-electron chi connectivity index (χ0n) is 10.9. The number of nitrogen functional groups attached to an aromatic ring is 1. The monoisotopic (exact) mass is 333 g/mol. The van der Waals surface area contributed by atoms with Crippen molar-refractivity contribution in [3.63, 3.8) is 0 Å². The van der Waals surface area contributed by atoms with Gasteiger partial charge in [-0.05, 0) is 53.0 Å². The molecule has 0 unspecified atom stereocenters. The van der Waals surface area contributed by atoms with Crippen molar-refractivity contribution in [2.24, 2.45) is 5.84 Å². The van der Waals surface area contributed by atoms with Gasteiger partial charge < -0.3 is 10.2 Å². The van der Waals surface area contributed by atoms with Crippen molar-refractivity contribution in [2.45, 2.75) is 13.8 Å². The third kappa shape index (κ3) is 2.71. The molecule has 0 fully saturated rings. The molecule has 0 aliphatic rings. The van der Waals surface area contributed by atoms with Crippen LogP contribution in [0.25, 0.3) is 0 Å². The first kappa shape index (κ1) is 14.2. The number of hydrogen-bond donors (Lipinski definition) is 2. The van der Waals surface area contributed by atoms with Crippen molar-refractivity contribution in [2.75, 3.05) is 5.43 Å². The van der Waals surface area contributed by atoms with Crippen molar-refractivity contribution in [1.29, 1.82) is 5.26 Å². The fraction of sp³-hybridized carbons (Fsp3) is 0.154. The van der Waals surface area contributed by atoms with E-state index >= 15 is 0 Å². The Morgan fingerprint density at radius 2 is 1.95 bits per heavy atom. The fourth-order valence-corrected chi connectivity index (χ4v) is 2.20. The fourth-order valence-electron chi connectivity index (χ4n) is 1.80. The molecule has 7 heteroatoms. The number of rotatable bonds is 3. The molecule has 0 amide bonds. The molecule has 0 bridgehead atoms. The molecule has 2 aromatic rings. The number of nitrogens with one attached hydrogen (secondary N) is 1. The summed E-state index contributed by atoms with van der Waals surface area (Å²) in [6.45, 7) is 3.75. The van der Waals surface area contributed by atoms with Crippen molar-refractivity contribution in [3.05, 3.63) is 39.6 Å². The molecule has 1 aromatic carbocycles. The maximum Gasteiger partial charge on any atom is 0.238 e. The zero-order chi connectivity index (χ0) is 14.7. The smallest absolute Gasteiger partial charge is 0.238 e. The van der Waals surface area contributed by atoms with Gasteiger partial charge in [-0.2, -0.15) is 5.26 Å². The van der Waals surface area contributed by atoms with Crippen LogP contribution in [-0.2, 0) is 0 Å². The lowest BCUT2D eigenvalue weighted by Crippen LogP contribution is -2.10. The Kier molecular flexibility index (Phi) is 4.17. The van der Waals surface area contributed by atoms with E-state index in [0.29, 0.717) is 27.5 Å². The van der Waals surface area contributed by atoms with Crippen molar-refractivity contribution >= 4 is 21.7 Å². The van der Waals surface area contributed by atoms with Crippen LogP contribution in [0.2, 0.25) is 0 Å². The number of hydrazine groups is 1. The number of halogens is 1. The first-order valence-electron chi connectivity index (χ1n) is 5.73. The number of nitrogens with two attached hydrogens (primary N) is 1. The summed E-state index contributed by atoms with van der Waals surface area (Å²) in [5.41, 5.74) is 4.76. The lowest BCUT2D eigenvalue weighted by Gasteiger charge is -2.13. The quantitative estimate of drug-likeness (QED) is 0.662. The molecule has 0 aliphatic heterocycles. The van der Waals surface area contributed by atoms with Crippen LogP contribution in [0.3, 0.4) is 0 Å². The molecule has 0 atom stereocenters. The third-order valence-corrected chi connectivity index (χ3v) is 3.40. The number of ether oxygens (including phenoxy) is 1. The number of hydrogen-bond acceptors (Lipinski definition) is 6. The van der Waals surface area contributed by atoms with E-state index in [1.54, 1.807) is 12.1 Å². The largest absolute Gasteiger partial charge is 0.437 e. The molecule has 1 heterocycles. The van der Waals surface area contributed by atoms with E-state index in [0.717, 1.165) is 11.1 Å². The number of anilines is 1. The Labute approximate surface area is 124 Å². The van der Waals surface area contributed by atoms with Crippen LogP contribution in [0.4, 0.5) is 5.82 Å². The molecule has 102 valence electrons. The summed E-state index contributed by atoms with van der Waals surface area (Å²) >= 11 is 3.33. The van der Waals surface area contributed by atoms with E-state index in [2.05, 4.69) is 37.4 Å². The molecule has 0 saturated carbocycles. The van der Waals surface area contributed by atoms with Gasteiger partial charge in [0, 0.05) is 0 Å². The first-order valence-corrected chi connectivity index (χ1v) is 6.52. The van der Waals surface area contributed by atoms with Gasteiger partial charge in [0.15, 0.2) is 5.82 Å². The summed E-state index contributed by atoms with van der Waals surface area (Å²) in [7, 11) is 0. The van der Waals surface area contributed by atoms with Crippen molar-refractivity contribution in [1.82, 2.24) is 9.97 Å². The zero-order valence-corrected chi connectivity index (χ0v) is 12.5. The summed E-state index contributed by atoms with van der Waals surface area (Å²) in [5, 5.41) is 8.94. The lowest BCUT2D eigenvalue weighted by atomic mass is 10.1. The molecular formula is C13H12BrN5O. The lowest BCUT2D eigenvalue weighted by molar-refractivity contribution is 0.451. The molecule has 0 aliphatic carbocycles. The van der Waals surface area contributed by atoms with Gasteiger partial charge in [0.25, 0.3) is 0 Å². The van der Waals surface area contributed by atoms with Crippen LogP contribution in [-0.4, -0.2) is 9.97 Å². The Morgan fingerprint density at radius 3 is 2.50 bits per heavy atom. The van der Waals surface area contributed by atoms with Gasteiger partial charge in [-0.1, -0.05) is 0 Å². The summed E-state index contributed by atoms with van der Waals surface area (Å²) in [5.74, 6) is 6.79. The standard InChI is InChI=1S/C13H12BrN5O/c1-7-3-9(5-15)4-8(2)11(7)20-13-10(14)12(19-16)17-6-18-13/h3-4,6H,16H2,1-2H3,(H,17,18,19). The molecule has 0 radical (unpaired) electrons. The van der Waals surface area contributed by atoms with E-state index in [1.807, 2.05) is 13.8 Å². The number of nitriles is 1. The SMILES string of the molecule is Cc1cc(C#N)cc(C)c1Oc1ncnc(NN)c1Br. The van der Waals surface area contributed by atoms with Gasteiger partial charge in [0.1, 0.15) is 16.5 Å². The van der Waals surface area contributed by atoms with E-state index in [9.17, 15) is 0 Å². The van der Waals surface area contributed by atoms with Gasteiger partial charge in [-0.15, -0.1) is 0 Å². The second-order valence-corrected chi connectivity index (χ2v) is 4.93. The minimum Gasteiger partial charge on any atom is -0.437 e. The molecule has 0 spiro atoms. The Morgan fingerprint density at radius 1 is 1.30 bits per heavy atom. The molecule has 2 rings (SSSR count). The molecule has 3 N–H and O–H groups in total. The highest BCUT2D eigenvalue weighted by atomic mass is 79.9. The highest BCUT2D eigenvalue weighted by molar-refractivity contribution is 9.10. The van der Waals surface area contributed by atoms with Gasteiger partial charge in [-0.25, -0.2) is 15.8 Å². The summed E-state index contributed by atoms with van der Waals surface area (Å²) in [6, 6.07) is 5.64. The van der Waals surface area contributed by atoms with Gasteiger partial charge in [-0.3, -0.25) is 0 Å². The highest BCUT2D eigenvalue weighted by Gasteiger charge is 2.13. The van der Waals surface area contributed by atoms with Crippen LogP contribution in [0.5, 0.6) is 11.6 Å². The van der Waals surface area contributed by atoms with E-state index in [-0.39, 0.29) is 0 Å². The third-order valence-electron chi connectivity index (χ3n) is 2.68. The van der Waals surface area contributed by atoms with Crippen molar-refractivity contribution in [3.8, 4) is 17.7 Å². The predicted molar refractivity (Wildman–Crippen MR) is 78.2 cm³/mol. The topological polar surface area (TPSA) is 96.8 Å². The molecule has 1 aromatic heterocycles. The number of aromatic nitrogens is 2. The van der Waals surface area contributed by atoms with Crippen molar-refractivity contribution < 1.29 is 4.74 Å². The van der Waals surface area contributed by atoms with Crippen LogP contribution in [0.15, 0.2) is 22.9 Å². The Balaban J connectivity index is 2.43. The maximum absolute atomic E-state index is 8.94. The number of aryl methyl sites for hydroxylation is 2. The van der Waals surface area contributed by atoms with Crippen LogP contribution in [0.1, 0.15) is 16.7 Å². The minimum absolute atomic E-state index is 0.351. The van der Waals surface area contributed by atoms with E-state index in [4.69, 9.17) is 15.8 Å². The van der Waals surface area contributed by atoms with E-state index < -0.39 is 0 Å². The first-order chi connectivity index (χ1) is 9.56. The molecule has 0 saturated heterocycles. The predicted octanol–water partition coefficient (Wildman–Crippen LogP) is 2.81. The second kappa shape index (κ2) is 5.86. The summed E-state index contributed by atoms with van der Waals surface area (Å²) in [4.78, 5) is 8.02. The average molecular weight is 334 g/mol. The number of nitrogens with zero attached hydrogens (tertiary/aromatic N) is 3. The van der Waals surface area contributed by atoms with E-state index in [1.165, 1.54) is 6.33 Å². The van der Waals surface area contributed by atoms with Crippen LogP contribution in [0, 0.1) is 25.2 Å². The van der Waals surface area contributed by atoms with Gasteiger partial charge in [0.2, 0.25) is 5.88 Å². The molecule has 20 heavy (non-hydrogen) atoms. The Hall–Kier alpha value is -2.17. The molecular weight excluding hydrogens is 322 g/mol.